The molecule has 2 saturated carbocycles. The van der Waals surface area contributed by atoms with Crippen LogP contribution in [-0.4, -0.2) is 39.0 Å². The first-order valence-corrected chi connectivity index (χ1v) is 16.2. The van der Waals surface area contributed by atoms with E-state index in [-0.39, 0.29) is 18.4 Å². The van der Waals surface area contributed by atoms with E-state index in [1.807, 2.05) is 24.0 Å². The van der Waals surface area contributed by atoms with E-state index in [4.69, 9.17) is 9.90 Å². The molecule has 2 fully saturated rings. The number of thiophene rings is 1. The van der Waals surface area contributed by atoms with Crippen LogP contribution in [0.2, 0.25) is 0 Å². The molecule has 3 aromatic rings. The van der Waals surface area contributed by atoms with Gasteiger partial charge in [-0.05, 0) is 81.3 Å². The molecule has 0 bridgehead atoms. The number of nitrogens with one attached hydrogen (secondary N) is 1. The summed E-state index contributed by atoms with van der Waals surface area (Å²) in [6.07, 6.45) is 13.8. The van der Waals surface area contributed by atoms with Crippen molar-refractivity contribution >= 4 is 35.2 Å². The van der Waals surface area contributed by atoms with E-state index >= 15 is 0 Å². The van der Waals surface area contributed by atoms with E-state index < -0.39 is 0 Å². The van der Waals surface area contributed by atoms with Gasteiger partial charge in [0.2, 0.25) is 0 Å². The van der Waals surface area contributed by atoms with Gasteiger partial charge in [-0.3, -0.25) is 19.1 Å². The fourth-order valence-electron chi connectivity index (χ4n) is 6.24. The summed E-state index contributed by atoms with van der Waals surface area (Å²) in [6.45, 7) is 1.88. The van der Waals surface area contributed by atoms with Crippen LogP contribution in [0.4, 0.5) is 5.82 Å². The summed E-state index contributed by atoms with van der Waals surface area (Å²) in [5.74, 6) is 3.04. The molecule has 2 atom stereocenters. The highest BCUT2D eigenvalue weighted by molar-refractivity contribution is 7.12. The average Bonchev–Trinajstić information content (AvgIpc) is 3.89. The number of rotatable bonds is 13. The van der Waals surface area contributed by atoms with Crippen LogP contribution >= 0.6 is 11.3 Å². The molecule has 2 aromatic heterocycles. The molecule has 2 N–H and O–H groups in total. The topological polar surface area (TPSA) is 101 Å². The zero-order valence-corrected chi connectivity index (χ0v) is 25.6. The maximum atomic E-state index is 13.6. The number of hydrogen-bond acceptors (Lipinski definition) is 6. The van der Waals surface area contributed by atoms with Crippen LogP contribution in [-0.2, 0) is 42.3 Å². The third kappa shape index (κ3) is 8.18. The van der Waals surface area contributed by atoms with Crippen LogP contribution in [0.25, 0.3) is 0 Å². The second kappa shape index (κ2) is 13.8. The number of hydrogen-bond donors (Lipinski definition) is 2. The summed E-state index contributed by atoms with van der Waals surface area (Å²) >= 11 is 1.77. The molecule has 6 rings (SSSR count). The van der Waals surface area contributed by atoms with Crippen molar-refractivity contribution in [2.45, 2.75) is 90.0 Å². The summed E-state index contributed by atoms with van der Waals surface area (Å²) in [4.78, 5) is 37.2. The van der Waals surface area contributed by atoms with Crippen LogP contribution in [0.1, 0.15) is 88.2 Å². The Morgan fingerprint density at radius 1 is 1.12 bits per heavy atom. The smallest absolute Gasteiger partial charge is 0.290 e. The number of fused-ring (bicyclic) bond motifs is 1. The molecule has 0 aliphatic heterocycles. The van der Waals surface area contributed by atoms with Gasteiger partial charge in [0, 0.05) is 59.4 Å². The molecule has 0 saturated heterocycles. The third-order valence-electron chi connectivity index (χ3n) is 8.85. The predicted octanol–water partition coefficient (Wildman–Crippen LogP) is 6.60. The number of aryl methyl sites for hydroxylation is 3. The highest BCUT2D eigenvalue weighted by atomic mass is 32.1. The average molecular weight is 590 g/mol. The molecule has 3 aliphatic carbocycles. The van der Waals surface area contributed by atoms with Crippen molar-refractivity contribution in [3.63, 3.8) is 0 Å². The molecule has 2 heterocycles. The zero-order chi connectivity index (χ0) is 29.6. The normalized spacial score (nSPS) is 18.4. The van der Waals surface area contributed by atoms with E-state index in [1.54, 1.807) is 11.3 Å². The second-order valence-electron chi connectivity index (χ2n) is 12.5. The lowest BCUT2D eigenvalue weighted by Gasteiger charge is -2.28. The third-order valence-corrected chi connectivity index (χ3v) is 10.1. The number of nitrogens with zero attached hydrogens (tertiary/aromatic N) is 2. The number of carboxylic acid groups (broad SMARTS) is 1. The maximum Gasteiger partial charge on any atom is 0.290 e. The highest BCUT2D eigenvalue weighted by Gasteiger charge is 2.34. The summed E-state index contributed by atoms with van der Waals surface area (Å²) in [5, 5.41) is 15.2. The van der Waals surface area contributed by atoms with E-state index in [2.05, 4.69) is 41.6 Å². The second-order valence-corrected chi connectivity index (χ2v) is 13.7. The molecule has 2 unspecified atom stereocenters. The van der Waals surface area contributed by atoms with Crippen molar-refractivity contribution < 1.29 is 19.5 Å². The van der Waals surface area contributed by atoms with Gasteiger partial charge in [-0.2, -0.15) is 5.10 Å². The number of Topliss-reactive ketones (excluding diaryl/α,β-unsaturated/α-hetero) is 2. The van der Waals surface area contributed by atoms with Crippen LogP contribution in [0.15, 0.2) is 36.5 Å². The molecular formula is C34H43N3O4S. The molecule has 0 amide bonds. The van der Waals surface area contributed by atoms with Crippen molar-refractivity contribution in [2.75, 3.05) is 5.32 Å². The number of carbonyl (C=O) groups excluding carboxylic acids is 2. The fourth-order valence-corrected chi connectivity index (χ4v) is 7.62. The SMILES string of the molecule is Cc1ccc(CC(CC2CCc3sc(CC(=O)C4CC4)c(C(=O)CCC4CC4)c3C2)Nc2ccn(C)n2)cc1.O=CO. The van der Waals surface area contributed by atoms with E-state index in [9.17, 15) is 9.59 Å². The van der Waals surface area contributed by atoms with Gasteiger partial charge >= 0.3 is 0 Å². The Morgan fingerprint density at radius 3 is 2.50 bits per heavy atom. The number of carbonyl (C=O) groups is 3. The van der Waals surface area contributed by atoms with Crippen LogP contribution in [0, 0.1) is 24.7 Å². The van der Waals surface area contributed by atoms with Crippen LogP contribution in [0.5, 0.6) is 0 Å². The van der Waals surface area contributed by atoms with E-state index in [0.29, 0.717) is 30.3 Å². The summed E-state index contributed by atoms with van der Waals surface area (Å²) < 4.78 is 1.84. The number of benzene rings is 1. The largest absolute Gasteiger partial charge is 0.483 e. The van der Waals surface area contributed by atoms with Crippen molar-refractivity contribution in [3.05, 3.63) is 68.5 Å². The van der Waals surface area contributed by atoms with Gasteiger partial charge in [-0.1, -0.05) is 42.7 Å². The van der Waals surface area contributed by atoms with E-state index in [0.717, 1.165) is 73.5 Å². The Hall–Kier alpha value is -3.26. The number of aromatic nitrogens is 2. The first kappa shape index (κ1) is 30.2. The molecule has 0 spiro atoms. The standard InChI is InChI=1S/C33H41N3O2S.CH2O2/c1-21-3-5-23(6-4-21)17-26(34-32-15-16-36(2)35-32)18-24-10-14-30-27(19-24)33(28(37)13-9-22-7-8-22)31(39-30)20-29(38)25-11-12-25;2-1-3/h3-6,15-16,22,24-26H,7-14,17-20H2,1-2H3,(H,34,35);1H,(H,2,3). The minimum atomic E-state index is -0.250. The van der Waals surface area contributed by atoms with E-state index in [1.165, 1.54) is 34.4 Å². The fraction of sp³-hybridized carbons (Fsp3) is 0.529. The molecule has 3 aliphatic rings. The van der Waals surface area contributed by atoms with Gasteiger partial charge in [0.05, 0.1) is 0 Å². The Kier molecular flexibility index (Phi) is 9.93. The monoisotopic (exact) mass is 589 g/mol. The van der Waals surface area contributed by atoms with Gasteiger partial charge in [0.25, 0.3) is 6.47 Å². The van der Waals surface area contributed by atoms with Gasteiger partial charge in [0.1, 0.15) is 11.6 Å². The maximum absolute atomic E-state index is 13.6. The molecule has 0 radical (unpaired) electrons. The number of ketones is 2. The molecule has 7 nitrogen and oxygen atoms in total. The van der Waals surface area contributed by atoms with Gasteiger partial charge in [-0.25, -0.2) is 0 Å². The highest BCUT2D eigenvalue weighted by Crippen LogP contribution is 2.41. The molecule has 1 aromatic carbocycles. The first-order chi connectivity index (χ1) is 20.3. The minimum absolute atomic E-state index is 0.242. The zero-order valence-electron chi connectivity index (χ0n) is 24.8. The quantitative estimate of drug-likeness (QED) is 0.172. The summed E-state index contributed by atoms with van der Waals surface area (Å²) in [7, 11) is 1.95. The minimum Gasteiger partial charge on any atom is -0.483 e. The van der Waals surface area contributed by atoms with Gasteiger partial charge < -0.3 is 10.4 Å². The molecule has 42 heavy (non-hydrogen) atoms. The van der Waals surface area contributed by atoms with Crippen molar-refractivity contribution in [3.8, 4) is 0 Å². The lowest BCUT2D eigenvalue weighted by Crippen LogP contribution is -2.28. The molecular weight excluding hydrogens is 546 g/mol. The summed E-state index contributed by atoms with van der Waals surface area (Å²) in [5.41, 5.74) is 4.84. The number of anilines is 1. The lowest BCUT2D eigenvalue weighted by atomic mass is 9.80. The molecule has 8 heteroatoms. The molecule has 224 valence electrons. The van der Waals surface area contributed by atoms with Gasteiger partial charge in [0.15, 0.2) is 5.78 Å². The Labute approximate surface area is 252 Å². The Morgan fingerprint density at radius 2 is 1.86 bits per heavy atom. The van der Waals surface area contributed by atoms with Crippen LogP contribution < -0.4 is 5.32 Å². The summed E-state index contributed by atoms with van der Waals surface area (Å²) in [6, 6.07) is 11.2. The Bertz CT molecular complexity index is 1380. The Balaban J connectivity index is 0.00000113. The predicted molar refractivity (Wildman–Crippen MR) is 166 cm³/mol. The van der Waals surface area contributed by atoms with Crippen molar-refractivity contribution in [1.82, 2.24) is 9.78 Å². The van der Waals surface area contributed by atoms with Crippen LogP contribution in [0.3, 0.4) is 0 Å². The first-order valence-electron chi connectivity index (χ1n) is 15.4. The van der Waals surface area contributed by atoms with Crippen molar-refractivity contribution in [1.29, 1.82) is 0 Å². The lowest BCUT2D eigenvalue weighted by molar-refractivity contribution is -0.123. The van der Waals surface area contributed by atoms with Gasteiger partial charge in [-0.15, -0.1) is 11.3 Å². The van der Waals surface area contributed by atoms with Crippen molar-refractivity contribution in [2.24, 2.45) is 24.8 Å².